The Hall–Kier alpha value is -2.07. The van der Waals surface area contributed by atoms with Crippen LogP contribution >= 0.6 is 0 Å². The molecule has 1 aliphatic heterocycles. The zero-order valence-electron chi connectivity index (χ0n) is 10.6. The summed E-state index contributed by atoms with van der Waals surface area (Å²) in [5.74, 6) is 1.06. The molecule has 3 N–H and O–H groups in total. The molecule has 2 aromatic heterocycles. The van der Waals surface area contributed by atoms with E-state index in [-0.39, 0.29) is 0 Å². The number of rotatable bonds is 2. The lowest BCUT2D eigenvalue weighted by molar-refractivity contribution is 0.613. The smallest absolute Gasteiger partial charge is 0.123 e. The van der Waals surface area contributed by atoms with Crippen LogP contribution in [0.15, 0.2) is 36.7 Å². The van der Waals surface area contributed by atoms with E-state index < -0.39 is 0 Å². The molecular weight excluding hydrogens is 236 g/mol. The van der Waals surface area contributed by atoms with E-state index in [0.717, 1.165) is 18.1 Å². The van der Waals surface area contributed by atoms with Gasteiger partial charge in [0.05, 0.1) is 17.9 Å². The largest absolute Gasteiger partial charge is 0.361 e. The molecule has 1 aliphatic rings. The number of aromatic nitrogens is 3. The average molecular weight is 252 g/mol. The molecule has 0 aliphatic carbocycles. The second kappa shape index (κ2) is 4.24. The van der Waals surface area contributed by atoms with E-state index in [4.69, 9.17) is 0 Å². The van der Waals surface area contributed by atoms with Gasteiger partial charge in [0.1, 0.15) is 5.82 Å². The zero-order valence-corrected chi connectivity index (χ0v) is 10.6. The molecule has 0 radical (unpaired) electrons. The molecule has 0 spiro atoms. The summed E-state index contributed by atoms with van der Waals surface area (Å²) >= 11 is 0. The number of imidazole rings is 1. The van der Waals surface area contributed by atoms with Crippen molar-refractivity contribution in [3.63, 3.8) is 0 Å². The minimum absolute atomic E-state index is 0.393. The van der Waals surface area contributed by atoms with Crippen molar-refractivity contribution in [1.29, 1.82) is 0 Å². The lowest BCUT2D eigenvalue weighted by Crippen LogP contribution is -2.14. The van der Waals surface area contributed by atoms with Crippen LogP contribution in [0.25, 0.3) is 22.2 Å². The van der Waals surface area contributed by atoms with Gasteiger partial charge in [-0.1, -0.05) is 6.07 Å². The molecule has 3 aromatic rings. The summed E-state index contributed by atoms with van der Waals surface area (Å²) < 4.78 is 0. The van der Waals surface area contributed by atoms with Crippen LogP contribution in [0.1, 0.15) is 24.7 Å². The first kappa shape index (κ1) is 10.8. The van der Waals surface area contributed by atoms with Gasteiger partial charge in [-0.05, 0) is 37.6 Å². The van der Waals surface area contributed by atoms with Crippen LogP contribution in [0.2, 0.25) is 0 Å². The fourth-order valence-electron chi connectivity index (χ4n) is 2.80. The Kier molecular flexibility index (Phi) is 2.42. The molecule has 1 saturated heterocycles. The molecule has 4 heteroatoms. The van der Waals surface area contributed by atoms with E-state index in [0.29, 0.717) is 6.04 Å². The van der Waals surface area contributed by atoms with Crippen molar-refractivity contribution >= 4 is 10.9 Å². The molecule has 19 heavy (non-hydrogen) atoms. The highest BCUT2D eigenvalue weighted by molar-refractivity contribution is 5.84. The molecule has 1 fully saturated rings. The molecule has 3 heterocycles. The third-order valence-corrected chi connectivity index (χ3v) is 3.85. The first-order valence-corrected chi connectivity index (χ1v) is 6.76. The van der Waals surface area contributed by atoms with Crippen molar-refractivity contribution in [2.75, 3.05) is 6.54 Å². The molecule has 0 amide bonds. The number of aromatic amines is 2. The van der Waals surface area contributed by atoms with E-state index in [1.165, 1.54) is 29.3 Å². The first-order chi connectivity index (χ1) is 9.40. The van der Waals surface area contributed by atoms with Crippen LogP contribution < -0.4 is 5.32 Å². The maximum Gasteiger partial charge on any atom is 0.123 e. The van der Waals surface area contributed by atoms with Gasteiger partial charge in [0, 0.05) is 22.7 Å². The number of H-pyrrole nitrogens is 2. The molecule has 1 aromatic carbocycles. The first-order valence-electron chi connectivity index (χ1n) is 6.76. The van der Waals surface area contributed by atoms with Gasteiger partial charge < -0.3 is 15.3 Å². The molecule has 4 rings (SSSR count). The highest BCUT2D eigenvalue weighted by Gasteiger charge is 2.19. The zero-order chi connectivity index (χ0) is 12.7. The summed E-state index contributed by atoms with van der Waals surface area (Å²) in [5.41, 5.74) is 3.44. The van der Waals surface area contributed by atoms with Gasteiger partial charge in [-0.25, -0.2) is 4.98 Å². The normalized spacial score (nSPS) is 19.3. The van der Waals surface area contributed by atoms with Crippen LogP contribution in [0.4, 0.5) is 0 Å². The Morgan fingerprint density at radius 3 is 3.11 bits per heavy atom. The van der Waals surface area contributed by atoms with Crippen molar-refractivity contribution in [1.82, 2.24) is 20.3 Å². The summed E-state index contributed by atoms with van der Waals surface area (Å²) in [4.78, 5) is 11.2. The predicted molar refractivity (Wildman–Crippen MR) is 75.9 cm³/mol. The number of hydrogen-bond acceptors (Lipinski definition) is 2. The highest BCUT2D eigenvalue weighted by Crippen LogP contribution is 2.26. The van der Waals surface area contributed by atoms with Gasteiger partial charge in [0.25, 0.3) is 0 Å². The Labute approximate surface area is 111 Å². The summed E-state index contributed by atoms with van der Waals surface area (Å²) in [7, 11) is 0. The van der Waals surface area contributed by atoms with Crippen LogP contribution in [0.3, 0.4) is 0 Å². The Morgan fingerprint density at radius 2 is 2.21 bits per heavy atom. The lowest BCUT2D eigenvalue weighted by atomic mass is 10.1. The van der Waals surface area contributed by atoms with E-state index in [9.17, 15) is 0 Å². The third kappa shape index (κ3) is 1.85. The fourth-order valence-corrected chi connectivity index (χ4v) is 2.80. The van der Waals surface area contributed by atoms with E-state index in [1.54, 1.807) is 0 Å². The van der Waals surface area contributed by atoms with Gasteiger partial charge >= 0.3 is 0 Å². The molecule has 96 valence electrons. The summed E-state index contributed by atoms with van der Waals surface area (Å²) in [5, 5.41) is 4.69. The lowest BCUT2D eigenvalue weighted by Gasteiger charge is -2.05. The topological polar surface area (TPSA) is 56.5 Å². The number of nitrogens with zero attached hydrogens (tertiary/aromatic N) is 1. The second-order valence-corrected chi connectivity index (χ2v) is 5.11. The van der Waals surface area contributed by atoms with Crippen molar-refractivity contribution in [3.8, 4) is 11.3 Å². The monoisotopic (exact) mass is 252 g/mol. The Bertz CT molecular complexity index is 704. The van der Waals surface area contributed by atoms with Gasteiger partial charge in [-0.2, -0.15) is 0 Å². The number of fused-ring (bicyclic) bond motifs is 1. The summed E-state index contributed by atoms with van der Waals surface area (Å²) in [6.07, 6.45) is 6.30. The summed E-state index contributed by atoms with van der Waals surface area (Å²) in [6.45, 7) is 1.09. The van der Waals surface area contributed by atoms with Gasteiger partial charge in [-0.15, -0.1) is 0 Å². The third-order valence-electron chi connectivity index (χ3n) is 3.85. The van der Waals surface area contributed by atoms with E-state index in [1.807, 2.05) is 12.4 Å². The van der Waals surface area contributed by atoms with Crippen molar-refractivity contribution in [3.05, 3.63) is 42.5 Å². The second-order valence-electron chi connectivity index (χ2n) is 5.11. The maximum absolute atomic E-state index is 4.52. The van der Waals surface area contributed by atoms with Crippen LogP contribution in [-0.4, -0.2) is 21.5 Å². The van der Waals surface area contributed by atoms with Crippen molar-refractivity contribution in [2.24, 2.45) is 0 Å². The van der Waals surface area contributed by atoms with Crippen molar-refractivity contribution in [2.45, 2.75) is 18.9 Å². The SMILES string of the molecule is c1cc2cc(-c3cnc(C4CCCN4)[nH]3)ccc2[nH]1. The standard InChI is InChI=1S/C15H16N4/c1-2-13(16-6-1)15-18-9-14(19-15)10-3-4-12-11(8-10)5-7-17-12/h3-5,7-9,13,16-17H,1-2,6H2,(H,18,19). The quantitative estimate of drug-likeness (QED) is 0.656. The van der Waals surface area contributed by atoms with Gasteiger partial charge in [0.15, 0.2) is 0 Å². The molecule has 1 unspecified atom stereocenters. The fraction of sp³-hybridized carbons (Fsp3) is 0.267. The molecule has 0 bridgehead atoms. The Morgan fingerprint density at radius 1 is 1.21 bits per heavy atom. The highest BCUT2D eigenvalue weighted by atomic mass is 15.0. The van der Waals surface area contributed by atoms with Crippen LogP contribution in [0.5, 0.6) is 0 Å². The van der Waals surface area contributed by atoms with Crippen molar-refractivity contribution < 1.29 is 0 Å². The molecule has 1 atom stereocenters. The van der Waals surface area contributed by atoms with Crippen LogP contribution in [-0.2, 0) is 0 Å². The molecular formula is C15H16N4. The number of benzene rings is 1. The number of hydrogen-bond donors (Lipinski definition) is 3. The predicted octanol–water partition coefficient (Wildman–Crippen LogP) is 2.98. The van der Waals surface area contributed by atoms with Gasteiger partial charge in [0.2, 0.25) is 0 Å². The summed E-state index contributed by atoms with van der Waals surface area (Å²) in [6, 6.07) is 8.90. The molecule has 4 nitrogen and oxygen atoms in total. The maximum atomic E-state index is 4.52. The van der Waals surface area contributed by atoms with E-state index >= 15 is 0 Å². The minimum Gasteiger partial charge on any atom is -0.361 e. The van der Waals surface area contributed by atoms with Gasteiger partial charge in [-0.3, -0.25) is 0 Å². The number of nitrogens with one attached hydrogen (secondary N) is 3. The van der Waals surface area contributed by atoms with Crippen LogP contribution in [0, 0.1) is 0 Å². The minimum atomic E-state index is 0.393. The Balaban J connectivity index is 1.70. The van der Waals surface area contributed by atoms with E-state index in [2.05, 4.69) is 44.5 Å². The molecule has 0 saturated carbocycles. The average Bonchev–Trinajstić information content (AvgIpc) is 3.18.